The Morgan fingerprint density at radius 2 is 1.91 bits per heavy atom. The summed E-state index contributed by atoms with van der Waals surface area (Å²) in [6.07, 6.45) is 1.25. The van der Waals surface area contributed by atoms with Gasteiger partial charge in [-0.15, -0.1) is 0 Å². The minimum atomic E-state index is -0.815. The molecule has 3 aromatic rings. The van der Waals surface area contributed by atoms with Crippen LogP contribution in [0, 0.1) is 27.3 Å². The van der Waals surface area contributed by atoms with Crippen molar-refractivity contribution in [3.8, 4) is 17.6 Å². The van der Waals surface area contributed by atoms with E-state index in [2.05, 4.69) is 5.32 Å². The molecule has 0 aliphatic heterocycles. The van der Waals surface area contributed by atoms with Gasteiger partial charge in [0.05, 0.1) is 17.6 Å². The van der Waals surface area contributed by atoms with Crippen LogP contribution in [-0.4, -0.2) is 23.9 Å². The minimum absolute atomic E-state index is 0.00176. The van der Waals surface area contributed by atoms with Crippen molar-refractivity contribution in [3.05, 3.63) is 98.3 Å². The van der Waals surface area contributed by atoms with Crippen LogP contribution in [0.2, 0.25) is 5.02 Å². The zero-order valence-electron chi connectivity index (χ0n) is 18.0. The molecule has 0 radical (unpaired) electrons. The molecule has 9 nitrogen and oxygen atoms in total. The topological polar surface area (TPSA) is 132 Å². The lowest BCUT2D eigenvalue weighted by Gasteiger charge is -2.10. The number of methoxy groups -OCH3 is 1. The van der Waals surface area contributed by atoms with E-state index in [1.165, 1.54) is 61.7 Å². The van der Waals surface area contributed by atoms with E-state index in [0.29, 0.717) is 5.56 Å². The van der Waals surface area contributed by atoms with E-state index < -0.39 is 28.3 Å². The number of anilines is 1. The third kappa shape index (κ3) is 6.19. The van der Waals surface area contributed by atoms with E-state index in [1.54, 1.807) is 6.07 Å². The number of halogens is 2. The number of hydrogen-bond donors (Lipinski definition) is 1. The fourth-order valence-electron chi connectivity index (χ4n) is 2.88. The molecule has 0 fully saturated rings. The Morgan fingerprint density at radius 1 is 1.14 bits per heavy atom. The predicted molar refractivity (Wildman–Crippen MR) is 125 cm³/mol. The largest absolute Gasteiger partial charge is 0.493 e. The van der Waals surface area contributed by atoms with Gasteiger partial charge >= 0.3 is 5.97 Å². The van der Waals surface area contributed by atoms with Gasteiger partial charge in [-0.1, -0.05) is 23.7 Å². The molecule has 176 valence electrons. The highest BCUT2D eigenvalue weighted by atomic mass is 35.5. The van der Waals surface area contributed by atoms with Crippen molar-refractivity contribution in [2.24, 2.45) is 0 Å². The molecule has 0 heterocycles. The molecular weight excluding hydrogens is 481 g/mol. The summed E-state index contributed by atoms with van der Waals surface area (Å²) in [5.41, 5.74) is -0.276. The zero-order chi connectivity index (χ0) is 25.5. The smallest absolute Gasteiger partial charge is 0.343 e. The first-order chi connectivity index (χ1) is 16.7. The summed E-state index contributed by atoms with van der Waals surface area (Å²) in [4.78, 5) is 35.1. The predicted octanol–water partition coefficient (Wildman–Crippen LogP) is 5.16. The summed E-state index contributed by atoms with van der Waals surface area (Å²) in [5, 5.41) is 22.8. The van der Waals surface area contributed by atoms with Crippen LogP contribution < -0.4 is 14.8 Å². The van der Waals surface area contributed by atoms with Gasteiger partial charge in [-0.2, -0.15) is 5.26 Å². The van der Waals surface area contributed by atoms with Crippen molar-refractivity contribution in [1.29, 1.82) is 5.26 Å². The summed E-state index contributed by atoms with van der Waals surface area (Å²) in [6, 6.07) is 14.7. The highest BCUT2D eigenvalue weighted by Gasteiger charge is 2.17. The molecule has 1 amide bonds. The number of rotatable bonds is 7. The Morgan fingerprint density at radius 3 is 2.57 bits per heavy atom. The molecule has 0 aliphatic carbocycles. The fraction of sp³-hybridized carbons (Fsp3) is 0.0417. The molecule has 0 saturated heterocycles. The van der Waals surface area contributed by atoms with Crippen molar-refractivity contribution in [3.63, 3.8) is 0 Å². The monoisotopic (exact) mass is 495 g/mol. The van der Waals surface area contributed by atoms with Gasteiger partial charge < -0.3 is 14.8 Å². The van der Waals surface area contributed by atoms with E-state index >= 15 is 0 Å². The number of nitrogens with zero attached hydrogens (tertiary/aromatic N) is 2. The van der Waals surface area contributed by atoms with Crippen LogP contribution in [0.4, 0.5) is 15.8 Å². The Bertz CT molecular complexity index is 1400. The van der Waals surface area contributed by atoms with Gasteiger partial charge in [0.2, 0.25) is 0 Å². The number of nitro benzene ring substituents is 1. The van der Waals surface area contributed by atoms with Crippen LogP contribution in [0.1, 0.15) is 15.9 Å². The van der Waals surface area contributed by atoms with Gasteiger partial charge in [-0.05, 0) is 54.1 Å². The lowest BCUT2D eigenvalue weighted by atomic mass is 10.1. The molecule has 35 heavy (non-hydrogen) atoms. The third-order valence-electron chi connectivity index (χ3n) is 4.53. The second-order valence-corrected chi connectivity index (χ2v) is 7.26. The van der Waals surface area contributed by atoms with E-state index in [0.717, 1.165) is 12.1 Å². The van der Waals surface area contributed by atoms with Crippen LogP contribution >= 0.6 is 11.6 Å². The second-order valence-electron chi connectivity index (χ2n) is 6.86. The molecule has 3 aromatic carbocycles. The lowest BCUT2D eigenvalue weighted by Crippen LogP contribution is -2.13. The molecule has 0 saturated carbocycles. The summed E-state index contributed by atoms with van der Waals surface area (Å²) < 4.78 is 23.9. The SMILES string of the molecule is COc1cc(/C=C(\C#N)C(=O)Nc2ccc(Cl)c([N+](=O)[O-])c2)ccc1OC(=O)c1cccc(F)c1. The van der Waals surface area contributed by atoms with Crippen LogP contribution in [0.3, 0.4) is 0 Å². The quantitative estimate of drug-likeness (QED) is 0.119. The first-order valence-electron chi connectivity index (χ1n) is 9.74. The minimum Gasteiger partial charge on any atom is -0.493 e. The number of carbonyl (C=O) groups excluding carboxylic acids is 2. The average molecular weight is 496 g/mol. The lowest BCUT2D eigenvalue weighted by molar-refractivity contribution is -0.384. The summed E-state index contributed by atoms with van der Waals surface area (Å²) in [6.45, 7) is 0. The van der Waals surface area contributed by atoms with Crippen molar-refractivity contribution in [1.82, 2.24) is 0 Å². The Labute approximate surface area is 203 Å². The van der Waals surface area contributed by atoms with Crippen LogP contribution in [0.15, 0.2) is 66.2 Å². The summed E-state index contributed by atoms with van der Waals surface area (Å²) in [5.74, 6) is -2.06. The van der Waals surface area contributed by atoms with Crippen molar-refractivity contribution in [2.45, 2.75) is 0 Å². The fourth-order valence-corrected chi connectivity index (χ4v) is 3.06. The number of carbonyl (C=O) groups is 2. The molecule has 0 unspecified atom stereocenters. The van der Waals surface area contributed by atoms with Crippen LogP contribution in [0.25, 0.3) is 6.08 Å². The van der Waals surface area contributed by atoms with Gasteiger partial charge in [-0.3, -0.25) is 14.9 Å². The van der Waals surface area contributed by atoms with E-state index in [1.807, 2.05) is 0 Å². The number of nitriles is 1. The number of amides is 1. The Kier molecular flexibility index (Phi) is 7.76. The number of ether oxygens (including phenoxy) is 2. The Balaban J connectivity index is 1.81. The van der Waals surface area contributed by atoms with Gasteiger partial charge in [-0.25, -0.2) is 9.18 Å². The number of esters is 1. The van der Waals surface area contributed by atoms with Crippen LogP contribution in [0.5, 0.6) is 11.5 Å². The molecule has 0 bridgehead atoms. The number of nitro groups is 1. The van der Waals surface area contributed by atoms with E-state index in [9.17, 15) is 29.4 Å². The van der Waals surface area contributed by atoms with Crippen molar-refractivity contribution < 1.29 is 28.4 Å². The van der Waals surface area contributed by atoms with Crippen molar-refractivity contribution in [2.75, 3.05) is 12.4 Å². The molecule has 0 atom stereocenters. The second kappa shape index (κ2) is 10.9. The molecule has 3 rings (SSSR count). The van der Waals surface area contributed by atoms with E-state index in [4.69, 9.17) is 21.1 Å². The molecule has 1 N–H and O–H groups in total. The molecule has 0 aliphatic rings. The van der Waals surface area contributed by atoms with Gasteiger partial charge in [0.1, 0.15) is 22.5 Å². The maximum atomic E-state index is 13.4. The first-order valence-corrected chi connectivity index (χ1v) is 10.1. The van der Waals surface area contributed by atoms with Crippen LogP contribution in [-0.2, 0) is 4.79 Å². The van der Waals surface area contributed by atoms with Gasteiger partial charge in [0, 0.05) is 11.8 Å². The summed E-state index contributed by atoms with van der Waals surface area (Å²) in [7, 11) is 1.33. The highest BCUT2D eigenvalue weighted by molar-refractivity contribution is 6.32. The third-order valence-corrected chi connectivity index (χ3v) is 4.85. The number of hydrogen-bond acceptors (Lipinski definition) is 7. The van der Waals surface area contributed by atoms with Gasteiger partial charge in [0.25, 0.3) is 11.6 Å². The molecule has 11 heteroatoms. The zero-order valence-corrected chi connectivity index (χ0v) is 18.7. The molecule has 0 spiro atoms. The number of benzene rings is 3. The normalized spacial score (nSPS) is 10.7. The van der Waals surface area contributed by atoms with Gasteiger partial charge in [0.15, 0.2) is 11.5 Å². The first kappa shape index (κ1) is 24.9. The maximum absolute atomic E-state index is 13.4. The molecular formula is C24H15ClFN3O6. The highest BCUT2D eigenvalue weighted by Crippen LogP contribution is 2.30. The average Bonchev–Trinajstić information content (AvgIpc) is 2.84. The molecule has 0 aromatic heterocycles. The Hall–Kier alpha value is -4.75. The standard InChI is InChI=1S/C24H15ClFN3O6/c1-34-22-10-14(5-8-21(22)35-24(31)15-3-2-4-17(26)11-15)9-16(13-27)23(30)28-18-6-7-19(25)20(12-18)29(32)33/h2-12H,1H3,(H,28,30)/b16-9+. The maximum Gasteiger partial charge on any atom is 0.343 e. The van der Waals surface area contributed by atoms with E-state index in [-0.39, 0.29) is 33.3 Å². The number of nitrogens with one attached hydrogen (secondary N) is 1. The summed E-state index contributed by atoms with van der Waals surface area (Å²) >= 11 is 5.76. The van der Waals surface area contributed by atoms with Crippen molar-refractivity contribution >= 4 is 40.9 Å².